The molecular weight excluding hydrogens is 368 g/mol. The number of nitrogens with one attached hydrogen (secondary N) is 1. The minimum atomic E-state index is -0.632. The number of rotatable bonds is 4. The Labute approximate surface area is 163 Å². The Morgan fingerprint density at radius 3 is 2.63 bits per heavy atom. The molecule has 2 aliphatic heterocycles. The molecule has 0 radical (unpaired) electrons. The summed E-state index contributed by atoms with van der Waals surface area (Å²) in [5.41, 5.74) is 1.73. The zero-order chi connectivity index (χ0) is 19.9. The summed E-state index contributed by atoms with van der Waals surface area (Å²) in [4.78, 5) is 42.4. The number of amides is 4. The van der Waals surface area contributed by atoms with Crippen LogP contribution in [0.3, 0.4) is 0 Å². The number of nitrogens with zero attached hydrogens (tertiary/aromatic N) is 3. The fourth-order valence-electron chi connectivity index (χ4n) is 3.26. The van der Waals surface area contributed by atoms with Crippen molar-refractivity contribution in [3.8, 4) is 0 Å². The molecule has 1 aromatic carbocycles. The first-order chi connectivity index (χ1) is 12.7. The van der Waals surface area contributed by atoms with Gasteiger partial charge in [-0.05, 0) is 25.5 Å². The summed E-state index contributed by atoms with van der Waals surface area (Å²) < 4.78 is 0. The summed E-state index contributed by atoms with van der Waals surface area (Å²) in [6, 6.07) is 6.22. The molecule has 0 aromatic heterocycles. The van der Waals surface area contributed by atoms with E-state index in [0.29, 0.717) is 21.9 Å². The van der Waals surface area contributed by atoms with Crippen molar-refractivity contribution in [3.05, 3.63) is 46.1 Å². The van der Waals surface area contributed by atoms with Crippen LogP contribution < -0.4 is 5.32 Å². The van der Waals surface area contributed by atoms with Gasteiger partial charge in [-0.1, -0.05) is 29.8 Å². The smallest absolute Gasteiger partial charge is 0.322 e. The summed E-state index contributed by atoms with van der Waals surface area (Å²) in [5.74, 6) is -0.401. The molecule has 4 amide bonds. The number of halogens is 1. The van der Waals surface area contributed by atoms with E-state index in [1.165, 1.54) is 9.80 Å². The molecule has 0 bridgehead atoms. The predicted octanol–water partition coefficient (Wildman–Crippen LogP) is 2.00. The Morgan fingerprint density at radius 1 is 1.33 bits per heavy atom. The third-order valence-electron chi connectivity index (χ3n) is 5.15. The number of carbonyl (C=O) groups is 3. The van der Waals surface area contributed by atoms with E-state index in [4.69, 9.17) is 11.6 Å². The van der Waals surface area contributed by atoms with Crippen LogP contribution in [0.1, 0.15) is 25.5 Å². The maximum absolute atomic E-state index is 13.1. The topological polar surface area (TPSA) is 73.0 Å². The Balaban J connectivity index is 1.92. The van der Waals surface area contributed by atoms with Gasteiger partial charge in [-0.25, -0.2) is 4.79 Å². The lowest BCUT2D eigenvalue weighted by Gasteiger charge is -2.31. The minimum absolute atomic E-state index is 0.0300. The first kappa shape index (κ1) is 19.2. The highest BCUT2D eigenvalue weighted by Crippen LogP contribution is 2.37. The Morgan fingerprint density at radius 2 is 2.00 bits per heavy atom. The summed E-state index contributed by atoms with van der Waals surface area (Å²) in [6.07, 6.45) is 0. The second kappa shape index (κ2) is 7.23. The average molecular weight is 391 g/mol. The lowest BCUT2D eigenvalue weighted by atomic mass is 9.96. The molecule has 1 aromatic rings. The summed E-state index contributed by atoms with van der Waals surface area (Å²) >= 11 is 6.30. The van der Waals surface area contributed by atoms with Gasteiger partial charge < -0.3 is 15.1 Å². The van der Waals surface area contributed by atoms with Gasteiger partial charge in [-0.15, -0.1) is 0 Å². The van der Waals surface area contributed by atoms with Gasteiger partial charge in [0.15, 0.2) is 0 Å². The van der Waals surface area contributed by atoms with Crippen molar-refractivity contribution in [1.82, 2.24) is 20.0 Å². The number of urea groups is 1. The highest BCUT2D eigenvalue weighted by atomic mass is 35.5. The third-order valence-corrected chi connectivity index (χ3v) is 5.49. The summed E-state index contributed by atoms with van der Waals surface area (Å²) in [6.45, 7) is 4.02. The minimum Gasteiger partial charge on any atom is -0.342 e. The molecular formula is C19H23ClN4O3. The van der Waals surface area contributed by atoms with E-state index >= 15 is 0 Å². The normalized spacial score (nSPS) is 19.6. The van der Waals surface area contributed by atoms with Crippen LogP contribution in [-0.4, -0.2) is 65.8 Å². The first-order valence-electron chi connectivity index (χ1n) is 8.79. The average Bonchev–Trinajstić information content (AvgIpc) is 2.95. The van der Waals surface area contributed by atoms with E-state index in [1.54, 1.807) is 37.2 Å². The van der Waals surface area contributed by atoms with Crippen LogP contribution in [0, 0.1) is 0 Å². The molecule has 7 nitrogen and oxygen atoms in total. The van der Waals surface area contributed by atoms with Crippen molar-refractivity contribution in [2.45, 2.75) is 25.9 Å². The highest BCUT2D eigenvalue weighted by molar-refractivity contribution is 6.31. The van der Waals surface area contributed by atoms with Crippen LogP contribution in [0.15, 0.2) is 35.5 Å². The highest BCUT2D eigenvalue weighted by Gasteiger charge is 2.43. The lowest BCUT2D eigenvalue weighted by molar-refractivity contribution is -0.137. The van der Waals surface area contributed by atoms with Crippen molar-refractivity contribution in [2.24, 2.45) is 0 Å². The maximum Gasteiger partial charge on any atom is 0.322 e. The fraction of sp³-hybridized carbons (Fsp3) is 0.421. The molecule has 1 N–H and O–H groups in total. The molecule has 3 rings (SSSR count). The standard InChI is InChI=1S/C19H23ClN4O3/c1-11(2)22(3)15(25)10-24-9-14-16(18(24)26)17(21-19(27)23(14)4)12-7-5-6-8-13(12)20/h5-8,11,17H,9-10H2,1-4H3,(H,21,27)/t17-/m0/s1. The molecule has 0 saturated carbocycles. The molecule has 0 fully saturated rings. The zero-order valence-corrected chi connectivity index (χ0v) is 16.6. The van der Waals surface area contributed by atoms with Gasteiger partial charge >= 0.3 is 6.03 Å². The van der Waals surface area contributed by atoms with E-state index in [1.807, 2.05) is 19.9 Å². The molecule has 2 heterocycles. The molecule has 0 aliphatic carbocycles. The number of carbonyl (C=O) groups excluding carboxylic acids is 3. The summed E-state index contributed by atoms with van der Waals surface area (Å²) in [5, 5.41) is 3.32. The third kappa shape index (κ3) is 3.39. The van der Waals surface area contributed by atoms with E-state index in [2.05, 4.69) is 5.32 Å². The molecule has 1 atom stereocenters. The molecule has 8 heteroatoms. The molecule has 27 heavy (non-hydrogen) atoms. The zero-order valence-electron chi connectivity index (χ0n) is 15.8. The monoisotopic (exact) mass is 390 g/mol. The molecule has 0 unspecified atom stereocenters. The Bertz CT molecular complexity index is 836. The second-order valence-electron chi connectivity index (χ2n) is 7.08. The second-order valence-corrected chi connectivity index (χ2v) is 7.49. The van der Waals surface area contributed by atoms with Crippen molar-refractivity contribution in [3.63, 3.8) is 0 Å². The van der Waals surface area contributed by atoms with Crippen LogP contribution in [0.5, 0.6) is 0 Å². The molecule has 2 aliphatic rings. The van der Waals surface area contributed by atoms with Crippen LogP contribution in [0.25, 0.3) is 0 Å². The fourth-order valence-corrected chi connectivity index (χ4v) is 3.50. The first-order valence-corrected chi connectivity index (χ1v) is 9.16. The number of benzene rings is 1. The van der Waals surface area contributed by atoms with Gasteiger partial charge in [-0.2, -0.15) is 0 Å². The van der Waals surface area contributed by atoms with Gasteiger partial charge in [0.1, 0.15) is 6.54 Å². The van der Waals surface area contributed by atoms with E-state index < -0.39 is 6.04 Å². The van der Waals surface area contributed by atoms with Crippen molar-refractivity contribution in [2.75, 3.05) is 27.2 Å². The number of hydrogen-bond acceptors (Lipinski definition) is 3. The largest absolute Gasteiger partial charge is 0.342 e. The van der Waals surface area contributed by atoms with Crippen LogP contribution in [-0.2, 0) is 9.59 Å². The lowest BCUT2D eigenvalue weighted by Crippen LogP contribution is -2.45. The summed E-state index contributed by atoms with van der Waals surface area (Å²) in [7, 11) is 3.33. The van der Waals surface area contributed by atoms with E-state index in [-0.39, 0.29) is 37.0 Å². The SMILES string of the molecule is CC(C)N(C)C(=O)CN1CC2=C(C1=O)[C@H](c1ccccc1Cl)NC(=O)N2C. The van der Waals surface area contributed by atoms with Crippen LogP contribution in [0.4, 0.5) is 4.79 Å². The Hall–Kier alpha value is -2.54. The quantitative estimate of drug-likeness (QED) is 0.854. The number of likely N-dealkylation sites (N-methyl/N-ethyl adjacent to an activating group) is 2. The molecule has 0 spiro atoms. The van der Waals surface area contributed by atoms with Gasteiger partial charge in [0.2, 0.25) is 5.91 Å². The molecule has 144 valence electrons. The van der Waals surface area contributed by atoms with Crippen molar-refractivity contribution < 1.29 is 14.4 Å². The van der Waals surface area contributed by atoms with Crippen LogP contribution in [0.2, 0.25) is 5.02 Å². The van der Waals surface area contributed by atoms with Gasteiger partial charge in [0, 0.05) is 25.2 Å². The van der Waals surface area contributed by atoms with E-state index in [0.717, 1.165) is 0 Å². The van der Waals surface area contributed by atoms with Crippen molar-refractivity contribution >= 4 is 29.4 Å². The maximum atomic E-state index is 13.1. The molecule has 0 saturated heterocycles. The Kier molecular flexibility index (Phi) is 5.15. The van der Waals surface area contributed by atoms with Crippen molar-refractivity contribution in [1.29, 1.82) is 0 Å². The van der Waals surface area contributed by atoms with Gasteiger partial charge in [0.05, 0.1) is 23.9 Å². The number of hydrogen-bond donors (Lipinski definition) is 1. The van der Waals surface area contributed by atoms with Gasteiger partial charge in [-0.3, -0.25) is 14.5 Å². The van der Waals surface area contributed by atoms with Gasteiger partial charge in [0.25, 0.3) is 5.91 Å². The van der Waals surface area contributed by atoms with Crippen LogP contribution >= 0.6 is 11.6 Å². The predicted molar refractivity (Wildman–Crippen MR) is 102 cm³/mol. The van der Waals surface area contributed by atoms with E-state index in [9.17, 15) is 14.4 Å².